The summed E-state index contributed by atoms with van der Waals surface area (Å²) in [5.41, 5.74) is 3.56. The van der Waals surface area contributed by atoms with Crippen molar-refractivity contribution in [3.63, 3.8) is 0 Å². The molecule has 5 rings (SSSR count). The summed E-state index contributed by atoms with van der Waals surface area (Å²) < 4.78 is 0. The Morgan fingerprint density at radius 2 is 1.83 bits per heavy atom. The van der Waals surface area contributed by atoms with Gasteiger partial charge in [-0.15, -0.1) is 22.0 Å². The molecule has 1 aliphatic rings. The Balaban J connectivity index is 1.26. The minimum absolute atomic E-state index is 0.0567. The zero-order chi connectivity index (χ0) is 25.1. The van der Waals surface area contributed by atoms with E-state index in [1.807, 2.05) is 78.6 Å². The molecule has 1 unspecified atom stereocenters. The lowest BCUT2D eigenvalue weighted by Gasteiger charge is -2.18. The molecule has 1 fully saturated rings. The van der Waals surface area contributed by atoms with Crippen molar-refractivity contribution in [2.45, 2.75) is 29.9 Å². The third kappa shape index (κ3) is 5.31. The standard InChI is InChI=1S/C27H23ClN4O2S2/c1-17-8-2-6-12-22(17)32-15-19(14-24(32)33)26-30-31-27(36-26)29-25(34)20-10-4-7-13-23(20)35-16-18-9-3-5-11-21(18)28/h2-13,19H,14-16H2,1H3,(H,29,31,34). The predicted octanol–water partition coefficient (Wildman–Crippen LogP) is 6.57. The average Bonchev–Trinajstić information content (AvgIpc) is 3.50. The predicted molar refractivity (Wildman–Crippen MR) is 146 cm³/mol. The molecule has 1 saturated heterocycles. The van der Waals surface area contributed by atoms with Crippen LogP contribution in [0.2, 0.25) is 5.02 Å². The molecule has 1 N–H and O–H groups in total. The number of benzene rings is 3. The summed E-state index contributed by atoms with van der Waals surface area (Å²) in [5.74, 6) is 0.419. The topological polar surface area (TPSA) is 75.2 Å². The quantitative estimate of drug-likeness (QED) is 0.271. The van der Waals surface area contributed by atoms with E-state index in [1.54, 1.807) is 17.8 Å². The molecule has 182 valence electrons. The fourth-order valence-electron chi connectivity index (χ4n) is 4.14. The smallest absolute Gasteiger partial charge is 0.258 e. The lowest BCUT2D eigenvalue weighted by atomic mass is 10.1. The Morgan fingerprint density at radius 1 is 1.08 bits per heavy atom. The SMILES string of the molecule is Cc1ccccc1N1CC(c2nnc(NC(=O)c3ccccc3SCc3ccccc3Cl)s2)CC1=O. The molecule has 3 aromatic carbocycles. The van der Waals surface area contributed by atoms with Gasteiger partial charge in [-0.3, -0.25) is 14.9 Å². The largest absolute Gasteiger partial charge is 0.311 e. The van der Waals surface area contributed by atoms with Gasteiger partial charge in [0.2, 0.25) is 11.0 Å². The second-order valence-corrected chi connectivity index (χ2v) is 10.9. The highest BCUT2D eigenvalue weighted by atomic mass is 35.5. The second kappa shape index (κ2) is 10.8. The van der Waals surface area contributed by atoms with Crippen LogP contribution in [0.1, 0.15) is 38.8 Å². The highest BCUT2D eigenvalue weighted by Crippen LogP contribution is 2.36. The first kappa shape index (κ1) is 24.5. The van der Waals surface area contributed by atoms with Gasteiger partial charge in [-0.05, 0) is 42.3 Å². The van der Waals surface area contributed by atoms with E-state index in [2.05, 4.69) is 15.5 Å². The maximum absolute atomic E-state index is 13.1. The molecule has 2 heterocycles. The number of nitrogens with one attached hydrogen (secondary N) is 1. The minimum Gasteiger partial charge on any atom is -0.311 e. The van der Waals surface area contributed by atoms with Crippen molar-refractivity contribution < 1.29 is 9.59 Å². The van der Waals surface area contributed by atoms with Crippen LogP contribution in [0.3, 0.4) is 0 Å². The molecular weight excluding hydrogens is 512 g/mol. The summed E-state index contributed by atoms with van der Waals surface area (Å²) in [7, 11) is 0. The number of halogens is 1. The molecule has 1 atom stereocenters. The second-order valence-electron chi connectivity index (χ2n) is 8.47. The van der Waals surface area contributed by atoms with Gasteiger partial charge in [0.1, 0.15) is 5.01 Å². The first-order chi connectivity index (χ1) is 17.5. The molecule has 1 aromatic heterocycles. The van der Waals surface area contributed by atoms with Crippen LogP contribution in [-0.2, 0) is 10.5 Å². The van der Waals surface area contributed by atoms with Crippen LogP contribution in [0, 0.1) is 6.92 Å². The van der Waals surface area contributed by atoms with E-state index in [0.29, 0.717) is 34.4 Å². The van der Waals surface area contributed by atoms with Gasteiger partial charge in [0.05, 0.1) is 5.56 Å². The number of nitrogens with zero attached hydrogens (tertiary/aromatic N) is 3. The van der Waals surface area contributed by atoms with Crippen molar-refractivity contribution in [1.82, 2.24) is 10.2 Å². The molecule has 0 radical (unpaired) electrons. The fourth-order valence-corrected chi connectivity index (χ4v) is 6.30. The molecule has 2 amide bonds. The van der Waals surface area contributed by atoms with Crippen LogP contribution < -0.4 is 10.2 Å². The van der Waals surface area contributed by atoms with E-state index in [1.165, 1.54) is 11.3 Å². The highest BCUT2D eigenvalue weighted by Gasteiger charge is 2.34. The van der Waals surface area contributed by atoms with Gasteiger partial charge < -0.3 is 4.90 Å². The summed E-state index contributed by atoms with van der Waals surface area (Å²) in [6, 6.07) is 23.0. The van der Waals surface area contributed by atoms with Gasteiger partial charge in [-0.1, -0.05) is 71.5 Å². The van der Waals surface area contributed by atoms with Crippen molar-refractivity contribution in [3.8, 4) is 0 Å². The van der Waals surface area contributed by atoms with Crippen LogP contribution in [0.15, 0.2) is 77.7 Å². The molecule has 4 aromatic rings. The number of para-hydroxylation sites is 1. The number of anilines is 2. The Morgan fingerprint density at radius 3 is 2.67 bits per heavy atom. The Bertz CT molecular complexity index is 1420. The van der Waals surface area contributed by atoms with Gasteiger partial charge in [0, 0.05) is 40.2 Å². The number of aryl methyl sites for hydroxylation is 1. The number of aromatic nitrogens is 2. The molecule has 36 heavy (non-hydrogen) atoms. The van der Waals surface area contributed by atoms with Crippen LogP contribution in [-0.4, -0.2) is 28.6 Å². The first-order valence-corrected chi connectivity index (χ1v) is 13.6. The molecule has 0 bridgehead atoms. The van der Waals surface area contributed by atoms with Crippen molar-refractivity contribution in [2.75, 3.05) is 16.8 Å². The zero-order valence-corrected chi connectivity index (χ0v) is 21.9. The summed E-state index contributed by atoms with van der Waals surface area (Å²) in [4.78, 5) is 28.5. The molecule has 1 aliphatic heterocycles. The average molecular weight is 535 g/mol. The zero-order valence-electron chi connectivity index (χ0n) is 19.5. The molecular formula is C27H23ClN4O2S2. The number of carbonyl (C=O) groups is 2. The van der Waals surface area contributed by atoms with E-state index < -0.39 is 0 Å². The molecule has 0 saturated carbocycles. The number of hydrogen-bond acceptors (Lipinski definition) is 6. The third-order valence-corrected chi connectivity index (χ3v) is 8.51. The molecule has 0 spiro atoms. The summed E-state index contributed by atoms with van der Waals surface area (Å²) in [6.45, 7) is 2.55. The maximum atomic E-state index is 13.1. The Kier molecular flexibility index (Phi) is 7.36. The van der Waals surface area contributed by atoms with E-state index in [-0.39, 0.29) is 17.7 Å². The highest BCUT2D eigenvalue weighted by molar-refractivity contribution is 7.98. The Hall–Kier alpha value is -3.20. The minimum atomic E-state index is -0.246. The van der Waals surface area contributed by atoms with Gasteiger partial charge in [-0.2, -0.15) is 0 Å². The number of rotatable bonds is 7. The van der Waals surface area contributed by atoms with Gasteiger partial charge >= 0.3 is 0 Å². The summed E-state index contributed by atoms with van der Waals surface area (Å²) in [6.07, 6.45) is 0.373. The Labute approximate surface area is 222 Å². The number of thioether (sulfide) groups is 1. The van der Waals surface area contributed by atoms with E-state index in [9.17, 15) is 9.59 Å². The fraction of sp³-hybridized carbons (Fsp3) is 0.185. The van der Waals surface area contributed by atoms with Crippen LogP contribution in [0.25, 0.3) is 0 Å². The van der Waals surface area contributed by atoms with E-state index in [0.717, 1.165) is 26.7 Å². The van der Waals surface area contributed by atoms with Crippen molar-refractivity contribution in [3.05, 3.63) is 99.5 Å². The normalized spacial score (nSPS) is 15.3. The summed E-state index contributed by atoms with van der Waals surface area (Å²) >= 11 is 9.16. The van der Waals surface area contributed by atoms with Gasteiger partial charge in [0.25, 0.3) is 5.91 Å². The molecule has 0 aliphatic carbocycles. The van der Waals surface area contributed by atoms with Crippen molar-refractivity contribution in [1.29, 1.82) is 0 Å². The van der Waals surface area contributed by atoms with Crippen LogP contribution in [0.4, 0.5) is 10.8 Å². The van der Waals surface area contributed by atoms with E-state index in [4.69, 9.17) is 11.6 Å². The lowest BCUT2D eigenvalue weighted by molar-refractivity contribution is -0.117. The van der Waals surface area contributed by atoms with Gasteiger partial charge in [-0.25, -0.2) is 0 Å². The van der Waals surface area contributed by atoms with E-state index >= 15 is 0 Å². The van der Waals surface area contributed by atoms with Crippen molar-refractivity contribution >= 4 is 57.3 Å². The van der Waals surface area contributed by atoms with Crippen LogP contribution >= 0.6 is 34.7 Å². The first-order valence-electron chi connectivity index (χ1n) is 11.5. The van der Waals surface area contributed by atoms with Gasteiger partial charge in [0.15, 0.2) is 0 Å². The molecule has 6 nitrogen and oxygen atoms in total. The monoisotopic (exact) mass is 534 g/mol. The van der Waals surface area contributed by atoms with Crippen LogP contribution in [0.5, 0.6) is 0 Å². The maximum Gasteiger partial charge on any atom is 0.258 e. The third-order valence-electron chi connectivity index (χ3n) is 6.01. The lowest BCUT2D eigenvalue weighted by Crippen LogP contribution is -2.25. The number of hydrogen-bond donors (Lipinski definition) is 1. The number of amides is 2. The molecule has 9 heteroatoms. The summed E-state index contributed by atoms with van der Waals surface area (Å²) in [5, 5.41) is 13.2. The van der Waals surface area contributed by atoms with Crippen molar-refractivity contribution in [2.24, 2.45) is 0 Å². The number of carbonyl (C=O) groups excluding carboxylic acids is 2.